The summed E-state index contributed by atoms with van der Waals surface area (Å²) in [5.41, 5.74) is 6.93. The molecule has 0 aromatic rings. The number of allylic oxidation sites excluding steroid dienone is 2. The maximum atomic E-state index is 5.64. The van der Waals surface area contributed by atoms with Crippen molar-refractivity contribution >= 4 is 15.9 Å². The maximum absolute atomic E-state index is 5.64. The number of rotatable bonds is 0. The zero-order valence-corrected chi connectivity index (χ0v) is 6.98. The van der Waals surface area contributed by atoms with Crippen molar-refractivity contribution in [3.05, 3.63) is 22.2 Å². The topological polar surface area (TPSA) is 26.0 Å². The molecular weight excluding hydrogens is 178 g/mol. The fourth-order valence-electron chi connectivity index (χ4n) is 0.794. The van der Waals surface area contributed by atoms with E-state index in [1.54, 1.807) is 0 Å². The first-order valence-electron chi connectivity index (χ1n) is 2.99. The van der Waals surface area contributed by atoms with Crippen molar-refractivity contribution in [2.75, 3.05) is 0 Å². The van der Waals surface area contributed by atoms with Crippen molar-refractivity contribution < 1.29 is 0 Å². The first-order valence-corrected chi connectivity index (χ1v) is 3.78. The summed E-state index contributed by atoms with van der Waals surface area (Å²) >= 11 is 3.44. The Hall–Kier alpha value is -0.0800. The van der Waals surface area contributed by atoms with E-state index in [0.29, 0.717) is 0 Å². The highest BCUT2D eigenvalue weighted by Gasteiger charge is 2.06. The van der Waals surface area contributed by atoms with Gasteiger partial charge in [0.2, 0.25) is 0 Å². The van der Waals surface area contributed by atoms with Gasteiger partial charge in [0.15, 0.2) is 0 Å². The largest absolute Gasteiger partial charge is 0.324 e. The van der Waals surface area contributed by atoms with Crippen LogP contribution in [-0.4, -0.2) is 6.04 Å². The molecule has 0 fully saturated rings. The molecule has 2 N–H and O–H groups in total. The van der Waals surface area contributed by atoms with Crippen LogP contribution in [0.25, 0.3) is 0 Å². The van der Waals surface area contributed by atoms with E-state index in [1.165, 1.54) is 10.1 Å². The quantitative estimate of drug-likeness (QED) is 0.617. The van der Waals surface area contributed by atoms with Crippen molar-refractivity contribution in [2.24, 2.45) is 5.73 Å². The third kappa shape index (κ3) is 1.66. The molecule has 0 aromatic heterocycles. The van der Waals surface area contributed by atoms with Gasteiger partial charge in [-0.05, 0) is 23.4 Å². The summed E-state index contributed by atoms with van der Waals surface area (Å²) in [6, 6.07) is 0.211. The lowest BCUT2D eigenvalue weighted by Crippen LogP contribution is -2.18. The smallest absolute Gasteiger partial charge is 0.0273 e. The van der Waals surface area contributed by atoms with Crippen molar-refractivity contribution in [3.63, 3.8) is 0 Å². The first-order chi connectivity index (χ1) is 4.20. The molecule has 9 heavy (non-hydrogen) atoms. The molecule has 1 rings (SSSR count). The summed E-state index contributed by atoms with van der Waals surface area (Å²) in [4.78, 5) is 0. The normalized spacial score (nSPS) is 27.2. The summed E-state index contributed by atoms with van der Waals surface area (Å²) < 4.78 is 1.23. The van der Waals surface area contributed by atoms with Crippen molar-refractivity contribution in [1.82, 2.24) is 0 Å². The molecule has 0 aliphatic heterocycles. The zero-order valence-electron chi connectivity index (χ0n) is 5.39. The predicted molar refractivity (Wildman–Crippen MR) is 43.4 cm³/mol. The Labute approximate surface area is 63.8 Å². The second kappa shape index (κ2) is 2.67. The van der Waals surface area contributed by atoms with Crippen LogP contribution >= 0.6 is 15.9 Å². The van der Waals surface area contributed by atoms with E-state index >= 15 is 0 Å². The van der Waals surface area contributed by atoms with Gasteiger partial charge < -0.3 is 5.73 Å². The van der Waals surface area contributed by atoms with Crippen LogP contribution in [0.1, 0.15) is 13.3 Å². The summed E-state index contributed by atoms with van der Waals surface area (Å²) in [7, 11) is 0. The van der Waals surface area contributed by atoms with E-state index in [2.05, 4.69) is 28.9 Å². The lowest BCUT2D eigenvalue weighted by Gasteiger charge is -2.12. The van der Waals surface area contributed by atoms with Crippen LogP contribution in [0.3, 0.4) is 0 Å². The minimum Gasteiger partial charge on any atom is -0.324 e. The van der Waals surface area contributed by atoms with Gasteiger partial charge in [0.25, 0.3) is 0 Å². The van der Waals surface area contributed by atoms with E-state index in [-0.39, 0.29) is 6.04 Å². The molecule has 0 bridgehead atoms. The van der Waals surface area contributed by atoms with E-state index in [1.807, 2.05) is 6.08 Å². The molecule has 1 aliphatic rings. The molecule has 0 spiro atoms. The number of hydrogen-bond acceptors (Lipinski definition) is 1. The molecular formula is C7H10BrN. The molecule has 1 aliphatic carbocycles. The van der Waals surface area contributed by atoms with Crippen LogP contribution in [-0.2, 0) is 0 Å². The monoisotopic (exact) mass is 187 g/mol. The van der Waals surface area contributed by atoms with Crippen LogP contribution in [0.5, 0.6) is 0 Å². The molecule has 50 valence electrons. The zero-order chi connectivity index (χ0) is 6.85. The van der Waals surface area contributed by atoms with Gasteiger partial charge in [0.05, 0.1) is 0 Å². The van der Waals surface area contributed by atoms with Gasteiger partial charge in [-0.1, -0.05) is 28.1 Å². The Kier molecular flexibility index (Phi) is 2.09. The fraction of sp³-hybridized carbons (Fsp3) is 0.429. The van der Waals surface area contributed by atoms with Gasteiger partial charge in [-0.2, -0.15) is 0 Å². The highest BCUT2D eigenvalue weighted by atomic mass is 79.9. The lowest BCUT2D eigenvalue weighted by atomic mass is 10.1. The molecule has 1 nitrogen and oxygen atoms in total. The molecule has 0 saturated heterocycles. The maximum Gasteiger partial charge on any atom is 0.0273 e. The number of hydrogen-bond donors (Lipinski definition) is 1. The van der Waals surface area contributed by atoms with Gasteiger partial charge in [-0.25, -0.2) is 0 Å². The van der Waals surface area contributed by atoms with Crippen LogP contribution < -0.4 is 5.73 Å². The molecule has 2 heteroatoms. The standard InChI is InChI=1S/C7H10BrN/c1-5-2-3-6(9)4-7(5)8/h2-3,6H,4,9H2,1H3. The Morgan fingerprint density at radius 2 is 2.44 bits per heavy atom. The second-order valence-electron chi connectivity index (χ2n) is 2.32. The Morgan fingerprint density at radius 3 is 2.89 bits per heavy atom. The highest BCUT2D eigenvalue weighted by Crippen LogP contribution is 2.22. The molecule has 1 unspecified atom stereocenters. The minimum atomic E-state index is 0.211. The minimum absolute atomic E-state index is 0.211. The van der Waals surface area contributed by atoms with E-state index in [9.17, 15) is 0 Å². The van der Waals surface area contributed by atoms with Gasteiger partial charge in [-0.3, -0.25) is 0 Å². The first kappa shape index (κ1) is 7.03. The molecule has 0 saturated carbocycles. The molecule has 1 atom stereocenters. The highest BCUT2D eigenvalue weighted by molar-refractivity contribution is 9.11. The second-order valence-corrected chi connectivity index (χ2v) is 3.27. The summed E-state index contributed by atoms with van der Waals surface area (Å²) in [6.07, 6.45) is 5.03. The van der Waals surface area contributed by atoms with Crippen LogP contribution in [0.15, 0.2) is 22.2 Å². The third-order valence-corrected chi connectivity index (χ3v) is 2.39. The number of halogens is 1. The van der Waals surface area contributed by atoms with E-state index < -0.39 is 0 Å². The summed E-state index contributed by atoms with van der Waals surface area (Å²) in [5.74, 6) is 0. The molecule has 0 heterocycles. The molecule has 0 radical (unpaired) electrons. The average molecular weight is 188 g/mol. The van der Waals surface area contributed by atoms with Gasteiger partial charge >= 0.3 is 0 Å². The third-order valence-electron chi connectivity index (χ3n) is 1.44. The lowest BCUT2D eigenvalue weighted by molar-refractivity contribution is 0.812. The fourth-order valence-corrected chi connectivity index (χ4v) is 1.30. The van der Waals surface area contributed by atoms with Crippen molar-refractivity contribution in [2.45, 2.75) is 19.4 Å². The van der Waals surface area contributed by atoms with E-state index in [0.717, 1.165) is 6.42 Å². The van der Waals surface area contributed by atoms with Crippen molar-refractivity contribution in [1.29, 1.82) is 0 Å². The van der Waals surface area contributed by atoms with Gasteiger partial charge in [0, 0.05) is 6.04 Å². The van der Waals surface area contributed by atoms with E-state index in [4.69, 9.17) is 5.73 Å². The van der Waals surface area contributed by atoms with Crippen LogP contribution in [0.2, 0.25) is 0 Å². The summed E-state index contributed by atoms with van der Waals surface area (Å²) in [5, 5.41) is 0. The van der Waals surface area contributed by atoms with Crippen LogP contribution in [0.4, 0.5) is 0 Å². The SMILES string of the molecule is CC1=C(Br)CC(N)C=C1. The molecule has 0 aromatic carbocycles. The Balaban J connectivity index is 2.75. The molecule has 0 amide bonds. The van der Waals surface area contributed by atoms with Gasteiger partial charge in [-0.15, -0.1) is 0 Å². The predicted octanol–water partition coefficient (Wildman–Crippen LogP) is 1.94. The average Bonchev–Trinajstić information content (AvgIpc) is 1.80. The van der Waals surface area contributed by atoms with Gasteiger partial charge in [0.1, 0.15) is 0 Å². The number of nitrogens with two attached hydrogens (primary N) is 1. The van der Waals surface area contributed by atoms with Crippen LogP contribution in [0, 0.1) is 0 Å². The Morgan fingerprint density at radius 1 is 1.78 bits per heavy atom. The Bertz CT molecular complexity index is 170. The summed E-state index contributed by atoms with van der Waals surface area (Å²) in [6.45, 7) is 2.08. The van der Waals surface area contributed by atoms with Crippen molar-refractivity contribution in [3.8, 4) is 0 Å².